The first kappa shape index (κ1) is 11.0. The number of aryl methyl sites for hydroxylation is 1. The fraction of sp³-hybridized carbons (Fsp3) is 0.0909. The maximum absolute atomic E-state index is 11.8. The van der Waals surface area contributed by atoms with Gasteiger partial charge in [0, 0.05) is 11.8 Å². The van der Waals surface area contributed by atoms with E-state index < -0.39 is 5.91 Å². The number of anilines is 2. The zero-order valence-electron chi connectivity index (χ0n) is 9.19. The number of hydrogen-bond acceptors (Lipinski definition) is 4. The van der Waals surface area contributed by atoms with Gasteiger partial charge in [-0.1, -0.05) is 6.07 Å². The average Bonchev–Trinajstić information content (AvgIpc) is 2.68. The Hall–Kier alpha value is -2.50. The van der Waals surface area contributed by atoms with Gasteiger partial charge in [0.1, 0.15) is 0 Å². The van der Waals surface area contributed by atoms with Gasteiger partial charge in [-0.25, -0.2) is 0 Å². The molecule has 0 saturated carbocycles. The van der Waals surface area contributed by atoms with Crippen molar-refractivity contribution in [3.63, 3.8) is 0 Å². The molecule has 0 aliphatic rings. The number of benzene rings is 1. The van der Waals surface area contributed by atoms with Crippen LogP contribution in [0.1, 0.15) is 16.1 Å². The standard InChI is InChI=1S/C11H12N4O2/c1-6-5-9(15-14-6)13-11(17)7-3-2-4-8(12)10(7)16/h2-5,16H,12H2,1H3,(H2,13,14,15,17). The van der Waals surface area contributed by atoms with Crippen molar-refractivity contribution < 1.29 is 9.90 Å². The lowest BCUT2D eigenvalue weighted by molar-refractivity contribution is 0.102. The van der Waals surface area contributed by atoms with Crippen LogP contribution >= 0.6 is 0 Å². The minimum atomic E-state index is -0.457. The first-order valence-corrected chi connectivity index (χ1v) is 4.98. The molecule has 6 nitrogen and oxygen atoms in total. The van der Waals surface area contributed by atoms with Crippen LogP contribution in [-0.2, 0) is 0 Å². The van der Waals surface area contributed by atoms with Crippen LogP contribution in [0.5, 0.6) is 5.75 Å². The summed E-state index contributed by atoms with van der Waals surface area (Å²) in [4.78, 5) is 11.8. The number of phenolic OH excluding ortho intramolecular Hbond substituents is 1. The molecule has 1 heterocycles. The van der Waals surface area contributed by atoms with Gasteiger partial charge in [0.25, 0.3) is 5.91 Å². The lowest BCUT2D eigenvalue weighted by Crippen LogP contribution is -2.12. The summed E-state index contributed by atoms with van der Waals surface area (Å²) in [6.07, 6.45) is 0. The Labute approximate surface area is 97.5 Å². The van der Waals surface area contributed by atoms with E-state index in [2.05, 4.69) is 15.5 Å². The molecule has 5 N–H and O–H groups in total. The highest BCUT2D eigenvalue weighted by Crippen LogP contribution is 2.24. The van der Waals surface area contributed by atoms with Gasteiger partial charge < -0.3 is 16.2 Å². The van der Waals surface area contributed by atoms with Gasteiger partial charge in [-0.15, -0.1) is 0 Å². The average molecular weight is 232 g/mol. The van der Waals surface area contributed by atoms with E-state index in [1.54, 1.807) is 12.1 Å². The fourth-order valence-electron chi connectivity index (χ4n) is 1.41. The number of aromatic hydroxyl groups is 1. The number of H-pyrrole nitrogens is 1. The van der Waals surface area contributed by atoms with Crippen LogP contribution < -0.4 is 11.1 Å². The molecule has 0 unspecified atom stereocenters. The lowest BCUT2D eigenvalue weighted by Gasteiger charge is -2.05. The molecule has 0 atom stereocenters. The van der Waals surface area contributed by atoms with E-state index >= 15 is 0 Å². The Kier molecular flexibility index (Phi) is 2.70. The lowest BCUT2D eigenvalue weighted by atomic mass is 10.1. The highest BCUT2D eigenvalue weighted by Gasteiger charge is 2.13. The summed E-state index contributed by atoms with van der Waals surface area (Å²) in [5, 5.41) is 18.8. The molecule has 0 saturated heterocycles. The molecule has 0 aliphatic carbocycles. The smallest absolute Gasteiger partial charge is 0.260 e. The molecule has 6 heteroatoms. The molecule has 0 aliphatic heterocycles. The van der Waals surface area contributed by atoms with Crippen LogP contribution in [0.3, 0.4) is 0 Å². The number of carbonyl (C=O) groups is 1. The molecule has 0 spiro atoms. The molecule has 1 aromatic carbocycles. The Balaban J connectivity index is 2.23. The molecule has 2 aromatic rings. The van der Waals surface area contributed by atoms with E-state index in [1.165, 1.54) is 12.1 Å². The molecule has 88 valence electrons. The first-order chi connectivity index (χ1) is 8.08. The summed E-state index contributed by atoms with van der Waals surface area (Å²) in [6.45, 7) is 1.82. The Morgan fingerprint density at radius 3 is 2.94 bits per heavy atom. The zero-order valence-corrected chi connectivity index (χ0v) is 9.19. The molecule has 17 heavy (non-hydrogen) atoms. The van der Waals surface area contributed by atoms with Gasteiger partial charge in [0.15, 0.2) is 11.6 Å². The Bertz CT molecular complexity index is 562. The second-order valence-electron chi connectivity index (χ2n) is 3.63. The predicted octanol–water partition coefficient (Wildman–Crippen LogP) is 1.26. The van der Waals surface area contributed by atoms with Gasteiger partial charge in [-0.2, -0.15) is 5.10 Å². The van der Waals surface area contributed by atoms with Gasteiger partial charge in [0.05, 0.1) is 11.3 Å². The van der Waals surface area contributed by atoms with Crippen molar-refractivity contribution in [2.45, 2.75) is 6.92 Å². The van der Waals surface area contributed by atoms with Crippen molar-refractivity contribution in [2.75, 3.05) is 11.1 Å². The summed E-state index contributed by atoms with van der Waals surface area (Å²) >= 11 is 0. The summed E-state index contributed by atoms with van der Waals surface area (Å²) in [7, 11) is 0. The molecule has 0 radical (unpaired) electrons. The quantitative estimate of drug-likeness (QED) is 0.462. The van der Waals surface area contributed by atoms with Crippen LogP contribution in [-0.4, -0.2) is 21.2 Å². The minimum absolute atomic E-state index is 0.116. The normalized spacial score (nSPS) is 10.2. The number of nitrogens with one attached hydrogen (secondary N) is 2. The van der Waals surface area contributed by atoms with E-state index in [4.69, 9.17) is 5.73 Å². The van der Waals surface area contributed by atoms with Gasteiger partial charge in [-0.3, -0.25) is 9.89 Å². The number of nitrogen functional groups attached to an aromatic ring is 1. The van der Waals surface area contributed by atoms with Gasteiger partial charge in [-0.05, 0) is 19.1 Å². The third kappa shape index (κ3) is 2.20. The highest BCUT2D eigenvalue weighted by molar-refractivity contribution is 6.06. The van der Waals surface area contributed by atoms with Crippen LogP contribution in [0.4, 0.5) is 11.5 Å². The van der Waals surface area contributed by atoms with Crippen LogP contribution in [0.2, 0.25) is 0 Å². The van der Waals surface area contributed by atoms with Crippen molar-refractivity contribution in [1.82, 2.24) is 10.2 Å². The number of carbonyl (C=O) groups excluding carboxylic acids is 1. The highest BCUT2D eigenvalue weighted by atomic mass is 16.3. The topological polar surface area (TPSA) is 104 Å². The fourth-order valence-corrected chi connectivity index (χ4v) is 1.41. The number of amides is 1. The number of rotatable bonds is 2. The number of aromatic nitrogens is 2. The van der Waals surface area contributed by atoms with Crippen molar-refractivity contribution in [3.05, 3.63) is 35.5 Å². The number of phenols is 1. The van der Waals surface area contributed by atoms with E-state index in [1.807, 2.05) is 6.92 Å². The largest absolute Gasteiger partial charge is 0.505 e. The number of aromatic amines is 1. The zero-order chi connectivity index (χ0) is 12.4. The summed E-state index contributed by atoms with van der Waals surface area (Å²) < 4.78 is 0. The predicted molar refractivity (Wildman–Crippen MR) is 63.8 cm³/mol. The van der Waals surface area contributed by atoms with Crippen LogP contribution in [0.15, 0.2) is 24.3 Å². The van der Waals surface area contributed by atoms with E-state index in [0.29, 0.717) is 5.82 Å². The molecule has 2 rings (SSSR count). The molecule has 1 aromatic heterocycles. The van der Waals surface area contributed by atoms with Crippen molar-refractivity contribution >= 4 is 17.4 Å². The van der Waals surface area contributed by atoms with Gasteiger partial charge in [0.2, 0.25) is 0 Å². The van der Waals surface area contributed by atoms with E-state index in [-0.39, 0.29) is 17.0 Å². The van der Waals surface area contributed by atoms with E-state index in [0.717, 1.165) is 5.69 Å². The van der Waals surface area contributed by atoms with Crippen LogP contribution in [0.25, 0.3) is 0 Å². The van der Waals surface area contributed by atoms with Crippen molar-refractivity contribution in [1.29, 1.82) is 0 Å². The SMILES string of the molecule is Cc1cc(NC(=O)c2cccc(N)c2O)n[nH]1. The van der Waals surface area contributed by atoms with Crippen LogP contribution in [0, 0.1) is 6.92 Å². The summed E-state index contributed by atoms with van der Waals surface area (Å²) in [5.74, 6) is -0.284. The molecule has 0 fully saturated rings. The second kappa shape index (κ2) is 4.17. The first-order valence-electron chi connectivity index (χ1n) is 4.98. The summed E-state index contributed by atoms with van der Waals surface area (Å²) in [6, 6.07) is 6.28. The van der Waals surface area contributed by atoms with Crippen molar-refractivity contribution in [3.8, 4) is 5.75 Å². The second-order valence-corrected chi connectivity index (χ2v) is 3.63. The number of nitrogens with zero attached hydrogens (tertiary/aromatic N) is 1. The third-order valence-corrected chi connectivity index (χ3v) is 2.26. The minimum Gasteiger partial charge on any atom is -0.505 e. The molecule has 0 bridgehead atoms. The van der Waals surface area contributed by atoms with E-state index in [9.17, 15) is 9.90 Å². The van der Waals surface area contributed by atoms with Gasteiger partial charge >= 0.3 is 0 Å². The summed E-state index contributed by atoms with van der Waals surface area (Å²) in [5.41, 5.74) is 6.61. The molecular weight excluding hydrogens is 220 g/mol. The number of nitrogens with two attached hydrogens (primary N) is 1. The third-order valence-electron chi connectivity index (χ3n) is 2.26. The monoisotopic (exact) mass is 232 g/mol. The molecule has 1 amide bonds. The number of para-hydroxylation sites is 1. The maximum Gasteiger partial charge on any atom is 0.260 e. The Morgan fingerprint density at radius 1 is 1.53 bits per heavy atom. The molecular formula is C11H12N4O2. The Morgan fingerprint density at radius 2 is 2.29 bits per heavy atom. The van der Waals surface area contributed by atoms with Crippen molar-refractivity contribution in [2.24, 2.45) is 0 Å². The number of hydrogen-bond donors (Lipinski definition) is 4. The maximum atomic E-state index is 11.8.